The van der Waals surface area contributed by atoms with E-state index in [1.807, 2.05) is 0 Å². The largest absolute Gasteiger partial charge is 0.457 e. The summed E-state index contributed by atoms with van der Waals surface area (Å²) in [7, 11) is -6.51. The van der Waals surface area contributed by atoms with Crippen LogP contribution in [0.1, 0.15) is 32.6 Å². The molecule has 1 unspecified atom stereocenters. The van der Waals surface area contributed by atoms with Crippen LogP contribution >= 0.6 is 0 Å². The van der Waals surface area contributed by atoms with E-state index < -0.39 is 57.4 Å². The lowest BCUT2D eigenvalue weighted by molar-refractivity contribution is -0.261. The van der Waals surface area contributed by atoms with Crippen LogP contribution in [0.15, 0.2) is 0 Å². The zero-order valence-electron chi connectivity index (χ0n) is 13.7. The van der Waals surface area contributed by atoms with E-state index in [1.165, 1.54) is 0 Å². The van der Waals surface area contributed by atoms with E-state index in [-0.39, 0.29) is 25.7 Å². The highest BCUT2D eigenvalue weighted by Gasteiger charge is 2.66. The molecule has 1 fully saturated rings. The van der Waals surface area contributed by atoms with Gasteiger partial charge in [-0.3, -0.25) is 14.1 Å². The van der Waals surface area contributed by atoms with Gasteiger partial charge in [-0.25, -0.2) is 4.79 Å². The van der Waals surface area contributed by atoms with Crippen molar-refractivity contribution >= 4 is 27.8 Å². The van der Waals surface area contributed by atoms with Crippen molar-refractivity contribution in [3.05, 3.63) is 0 Å². The van der Waals surface area contributed by atoms with Crippen molar-refractivity contribution in [1.29, 1.82) is 0 Å². The number of halogens is 5. The Balaban J connectivity index is 2.79. The molecule has 0 heterocycles. The van der Waals surface area contributed by atoms with Gasteiger partial charge in [0.1, 0.15) is 6.10 Å². The lowest BCUT2D eigenvalue weighted by atomic mass is 9.87. The van der Waals surface area contributed by atoms with Gasteiger partial charge in [0.15, 0.2) is 0 Å². The molecule has 0 bridgehead atoms. The van der Waals surface area contributed by atoms with Crippen molar-refractivity contribution < 1.29 is 58.8 Å². The maximum Gasteiger partial charge on any atom is 0.432 e. The second-order valence-electron chi connectivity index (χ2n) is 5.83. The molecule has 1 aliphatic rings. The molecule has 0 aliphatic heterocycles. The Labute approximate surface area is 149 Å². The Bertz CT molecular complexity index is 694. The first kappa shape index (κ1) is 23.2. The molecule has 0 aromatic carbocycles. The zero-order valence-corrected chi connectivity index (χ0v) is 14.5. The van der Waals surface area contributed by atoms with Gasteiger partial charge in [-0.1, -0.05) is 0 Å². The smallest absolute Gasteiger partial charge is 0.432 e. The van der Waals surface area contributed by atoms with Crippen LogP contribution in [0.3, 0.4) is 0 Å². The van der Waals surface area contributed by atoms with Crippen LogP contribution < -0.4 is 0 Å². The van der Waals surface area contributed by atoms with E-state index in [2.05, 4.69) is 4.74 Å². The average molecular weight is 426 g/mol. The minimum absolute atomic E-state index is 0.0514. The van der Waals surface area contributed by atoms with Gasteiger partial charge in [0.05, 0.1) is 5.92 Å². The van der Waals surface area contributed by atoms with Crippen LogP contribution in [0, 0.1) is 5.92 Å². The summed E-state index contributed by atoms with van der Waals surface area (Å²) >= 11 is 0. The summed E-state index contributed by atoms with van der Waals surface area (Å²) in [5, 5.41) is -5.80. The normalized spacial score (nSPS) is 22.6. The topological polar surface area (TPSA) is 124 Å². The lowest BCUT2D eigenvalue weighted by Gasteiger charge is -2.30. The Hall–Kier alpha value is -1.83. The number of Topliss-reactive ketones (excluding diaryl/α,β-unsaturated/α-hetero) is 1. The number of alkyl halides is 5. The molecule has 27 heavy (non-hydrogen) atoms. The third-order valence-corrected chi connectivity index (χ3v) is 4.65. The number of ether oxygens (including phenoxy) is 2. The molecule has 1 atom stereocenters. The molecule has 0 radical (unpaired) electrons. The van der Waals surface area contributed by atoms with Gasteiger partial charge in [-0.05, 0) is 25.7 Å². The summed E-state index contributed by atoms with van der Waals surface area (Å²) in [6.07, 6.45) is -11.7. The van der Waals surface area contributed by atoms with Crippen molar-refractivity contribution in [2.45, 2.75) is 56.2 Å². The molecule has 0 spiro atoms. The van der Waals surface area contributed by atoms with Gasteiger partial charge in [-0.2, -0.15) is 30.4 Å². The Kier molecular flexibility index (Phi) is 6.91. The first-order valence-corrected chi connectivity index (χ1v) is 8.85. The van der Waals surface area contributed by atoms with Crippen molar-refractivity contribution in [2.75, 3.05) is 0 Å². The van der Waals surface area contributed by atoms with Gasteiger partial charge in [-0.15, -0.1) is 0 Å². The number of rotatable bonds is 6. The highest BCUT2D eigenvalue weighted by molar-refractivity contribution is 7.86. The van der Waals surface area contributed by atoms with Crippen molar-refractivity contribution in [2.24, 2.45) is 5.92 Å². The Morgan fingerprint density at radius 3 is 1.89 bits per heavy atom. The minimum Gasteiger partial charge on any atom is -0.457 e. The first-order valence-electron chi connectivity index (χ1n) is 7.41. The number of carbonyl (C=O) groups is 3. The van der Waals surface area contributed by atoms with E-state index in [0.29, 0.717) is 0 Å². The molecule has 0 saturated heterocycles. The average Bonchev–Trinajstić information content (AvgIpc) is 2.50. The monoisotopic (exact) mass is 426 g/mol. The van der Waals surface area contributed by atoms with Crippen LogP contribution in [0.4, 0.5) is 22.0 Å². The molecule has 0 aromatic rings. The van der Waals surface area contributed by atoms with Crippen molar-refractivity contribution in [1.82, 2.24) is 0 Å². The summed E-state index contributed by atoms with van der Waals surface area (Å²) in [5.41, 5.74) is 0. The van der Waals surface area contributed by atoms with Gasteiger partial charge in [0.2, 0.25) is 5.78 Å². The molecule has 14 heteroatoms. The molecular weight excluding hydrogens is 411 g/mol. The number of esters is 2. The third kappa shape index (κ3) is 5.82. The van der Waals surface area contributed by atoms with Gasteiger partial charge in [0, 0.05) is 6.92 Å². The highest BCUT2D eigenvalue weighted by Crippen LogP contribution is 2.39. The van der Waals surface area contributed by atoms with E-state index in [9.17, 15) is 44.8 Å². The summed E-state index contributed by atoms with van der Waals surface area (Å²) in [5.74, 6) is -5.04. The molecule has 1 saturated carbocycles. The van der Waals surface area contributed by atoms with E-state index in [4.69, 9.17) is 9.29 Å². The quantitative estimate of drug-likeness (QED) is 0.294. The highest BCUT2D eigenvalue weighted by atomic mass is 32.2. The molecule has 8 nitrogen and oxygen atoms in total. The predicted octanol–water partition coefficient (Wildman–Crippen LogP) is 1.63. The Morgan fingerprint density at radius 2 is 1.52 bits per heavy atom. The third-order valence-electron chi connectivity index (χ3n) is 3.75. The molecule has 0 amide bonds. The summed E-state index contributed by atoms with van der Waals surface area (Å²) in [6.45, 7) is 0.956. The van der Waals surface area contributed by atoms with E-state index in [1.54, 1.807) is 0 Å². The first-order chi connectivity index (χ1) is 12.1. The fraction of sp³-hybridized carbons (Fsp3) is 0.769. The van der Waals surface area contributed by atoms with E-state index in [0.717, 1.165) is 6.92 Å². The number of carbonyl (C=O) groups excluding carboxylic acids is 3. The SMILES string of the molecule is CC(=O)C(=O)OC1CCC(C(=O)OC(C(F)(F)F)C(F)(F)S(=O)(=O)O)CC1. The maximum atomic E-state index is 13.4. The molecule has 0 aromatic heterocycles. The van der Waals surface area contributed by atoms with Gasteiger partial charge < -0.3 is 9.47 Å². The number of ketones is 1. The maximum absolute atomic E-state index is 13.4. The standard InChI is InChI=1S/C13H15F5O8S/c1-6(19)9(20)25-8-4-2-7(3-5-8)10(21)26-11(12(14,15)16)13(17,18)27(22,23)24/h7-8,11H,2-5H2,1H3,(H,22,23,24). The van der Waals surface area contributed by atoms with Crippen LogP contribution in [0.25, 0.3) is 0 Å². The predicted molar refractivity (Wildman–Crippen MR) is 74.9 cm³/mol. The van der Waals surface area contributed by atoms with Crippen molar-refractivity contribution in [3.63, 3.8) is 0 Å². The second kappa shape index (κ2) is 8.04. The fourth-order valence-electron chi connectivity index (χ4n) is 2.32. The van der Waals surface area contributed by atoms with Crippen LogP contribution in [-0.4, -0.2) is 54.3 Å². The number of hydrogen-bond donors (Lipinski definition) is 1. The number of hydrogen-bond acceptors (Lipinski definition) is 7. The lowest BCUT2D eigenvalue weighted by Crippen LogP contribution is -2.52. The zero-order chi connectivity index (χ0) is 21.2. The summed E-state index contributed by atoms with van der Waals surface area (Å²) in [6, 6.07) is 0. The molecule has 1 aliphatic carbocycles. The van der Waals surface area contributed by atoms with Crippen LogP contribution in [0.2, 0.25) is 0 Å². The molecule has 156 valence electrons. The summed E-state index contributed by atoms with van der Waals surface area (Å²) in [4.78, 5) is 33.7. The van der Waals surface area contributed by atoms with Gasteiger partial charge in [0.25, 0.3) is 6.10 Å². The molecule has 1 N–H and O–H groups in total. The summed E-state index contributed by atoms with van der Waals surface area (Å²) < 4.78 is 103. The fourth-order valence-corrected chi connectivity index (χ4v) is 2.78. The van der Waals surface area contributed by atoms with Crippen LogP contribution in [-0.2, 0) is 34.0 Å². The van der Waals surface area contributed by atoms with Gasteiger partial charge >= 0.3 is 33.5 Å². The van der Waals surface area contributed by atoms with Crippen molar-refractivity contribution in [3.8, 4) is 0 Å². The van der Waals surface area contributed by atoms with Crippen LogP contribution in [0.5, 0.6) is 0 Å². The van der Waals surface area contributed by atoms with E-state index >= 15 is 0 Å². The molecular formula is C13H15F5O8S. The second-order valence-corrected chi connectivity index (χ2v) is 7.32. The minimum atomic E-state index is -6.51. The Morgan fingerprint density at radius 1 is 1.04 bits per heavy atom. The molecule has 1 rings (SSSR count).